The lowest BCUT2D eigenvalue weighted by Gasteiger charge is -2.12. The fourth-order valence-corrected chi connectivity index (χ4v) is 2.23. The topological polar surface area (TPSA) is 44.1 Å². The first-order valence-electron chi connectivity index (χ1n) is 6.82. The predicted octanol–water partition coefficient (Wildman–Crippen LogP) is 3.67. The molecule has 116 valence electrons. The van der Waals surface area contributed by atoms with E-state index < -0.39 is 6.36 Å². The summed E-state index contributed by atoms with van der Waals surface area (Å²) in [5, 5.41) is 4.16. The predicted molar refractivity (Wildman–Crippen MR) is 72.5 cm³/mol. The normalized spacial score (nSPS) is 14.9. The van der Waals surface area contributed by atoms with Crippen LogP contribution in [-0.2, 0) is 6.54 Å². The lowest BCUT2D eigenvalue weighted by atomic mass is 10.1. The first-order chi connectivity index (χ1) is 10.4. The van der Waals surface area contributed by atoms with Gasteiger partial charge in [-0.15, -0.1) is 13.2 Å². The van der Waals surface area contributed by atoms with Crippen LogP contribution in [0.2, 0.25) is 0 Å². The molecule has 1 aliphatic rings. The van der Waals surface area contributed by atoms with Gasteiger partial charge in [-0.1, -0.05) is 0 Å². The molecule has 0 atom stereocenters. The Morgan fingerprint density at radius 2 is 2.14 bits per heavy atom. The van der Waals surface area contributed by atoms with Crippen molar-refractivity contribution in [3.63, 3.8) is 0 Å². The van der Waals surface area contributed by atoms with Gasteiger partial charge in [0.15, 0.2) is 0 Å². The molecule has 22 heavy (non-hydrogen) atoms. The Morgan fingerprint density at radius 3 is 2.77 bits per heavy atom. The number of benzene rings is 1. The third-order valence-corrected chi connectivity index (χ3v) is 3.45. The fourth-order valence-electron chi connectivity index (χ4n) is 2.23. The van der Waals surface area contributed by atoms with Crippen molar-refractivity contribution in [2.45, 2.75) is 25.7 Å². The lowest BCUT2D eigenvalue weighted by Crippen LogP contribution is -2.17. The van der Waals surface area contributed by atoms with Gasteiger partial charge in [-0.2, -0.15) is 5.10 Å². The highest BCUT2D eigenvalue weighted by molar-refractivity contribution is 5.81. The summed E-state index contributed by atoms with van der Waals surface area (Å²) in [6.45, 7) is 0.753. The van der Waals surface area contributed by atoms with Gasteiger partial charge < -0.3 is 4.74 Å². The number of halogens is 3. The Bertz CT molecular complexity index is 690. The molecule has 0 unspecified atom stereocenters. The Kier molecular flexibility index (Phi) is 3.64. The van der Waals surface area contributed by atoms with Crippen LogP contribution in [0.25, 0.3) is 11.1 Å². The van der Waals surface area contributed by atoms with Crippen LogP contribution in [0.4, 0.5) is 13.2 Å². The third-order valence-electron chi connectivity index (χ3n) is 3.45. The van der Waals surface area contributed by atoms with Crippen LogP contribution >= 0.6 is 0 Å². The number of nitrogens with zero attached hydrogens (tertiary/aromatic N) is 2. The molecule has 1 aliphatic carbocycles. The van der Waals surface area contributed by atoms with Gasteiger partial charge in [-0.25, -0.2) is 0 Å². The van der Waals surface area contributed by atoms with E-state index in [1.165, 1.54) is 18.3 Å². The summed E-state index contributed by atoms with van der Waals surface area (Å²) < 4.78 is 43.2. The van der Waals surface area contributed by atoms with Gasteiger partial charge in [0, 0.05) is 29.4 Å². The molecule has 0 N–H and O–H groups in total. The molecule has 1 heterocycles. The van der Waals surface area contributed by atoms with Gasteiger partial charge in [0.1, 0.15) is 12.0 Å². The highest BCUT2D eigenvalue weighted by atomic mass is 19.4. The van der Waals surface area contributed by atoms with Crippen LogP contribution in [0.5, 0.6) is 5.75 Å². The molecule has 0 spiro atoms. The highest BCUT2D eigenvalue weighted by Gasteiger charge is 2.32. The second-order valence-electron chi connectivity index (χ2n) is 5.32. The van der Waals surface area contributed by atoms with Gasteiger partial charge >= 0.3 is 6.36 Å². The molecule has 2 aromatic rings. The first kappa shape index (κ1) is 14.6. The summed E-state index contributed by atoms with van der Waals surface area (Å²) in [4.78, 5) is 10.9. The number of aldehydes is 1. The molecular weight excluding hydrogens is 297 g/mol. The van der Waals surface area contributed by atoms with Crippen LogP contribution in [0.1, 0.15) is 23.2 Å². The molecule has 4 nitrogen and oxygen atoms in total. The zero-order valence-electron chi connectivity index (χ0n) is 11.5. The maximum Gasteiger partial charge on any atom is 0.573 e. The van der Waals surface area contributed by atoms with Gasteiger partial charge in [-0.05, 0) is 37.0 Å². The average molecular weight is 310 g/mol. The molecular formula is C15H13F3N2O2. The summed E-state index contributed by atoms with van der Waals surface area (Å²) in [5.74, 6) is 0.254. The van der Waals surface area contributed by atoms with Gasteiger partial charge in [0.2, 0.25) is 0 Å². The van der Waals surface area contributed by atoms with Gasteiger partial charge in [-0.3, -0.25) is 9.48 Å². The van der Waals surface area contributed by atoms with Crippen LogP contribution in [0, 0.1) is 5.92 Å². The molecule has 1 saturated carbocycles. The quantitative estimate of drug-likeness (QED) is 0.791. The summed E-state index contributed by atoms with van der Waals surface area (Å²) in [7, 11) is 0. The van der Waals surface area contributed by atoms with Gasteiger partial charge in [0.25, 0.3) is 0 Å². The molecule has 1 aromatic carbocycles. The third kappa shape index (κ3) is 3.47. The number of hydrogen-bond donors (Lipinski definition) is 0. The van der Waals surface area contributed by atoms with Crippen molar-refractivity contribution >= 4 is 6.29 Å². The Labute approximate surface area is 124 Å². The molecule has 0 radical (unpaired) electrons. The molecule has 1 aromatic heterocycles. The number of aromatic nitrogens is 2. The number of rotatable bonds is 5. The molecule has 1 fully saturated rings. The van der Waals surface area contributed by atoms with Crippen molar-refractivity contribution in [1.29, 1.82) is 0 Å². The molecule has 7 heteroatoms. The average Bonchev–Trinajstić information content (AvgIpc) is 3.14. The molecule has 0 bridgehead atoms. The first-order valence-corrected chi connectivity index (χ1v) is 6.82. The van der Waals surface area contributed by atoms with E-state index in [0.717, 1.165) is 25.5 Å². The van der Waals surface area contributed by atoms with Gasteiger partial charge in [0.05, 0.1) is 6.20 Å². The lowest BCUT2D eigenvalue weighted by molar-refractivity contribution is -0.274. The molecule has 3 rings (SSSR count). The highest BCUT2D eigenvalue weighted by Crippen LogP contribution is 2.35. The van der Waals surface area contributed by atoms with Crippen molar-refractivity contribution < 1.29 is 22.7 Å². The second kappa shape index (κ2) is 5.47. The second-order valence-corrected chi connectivity index (χ2v) is 5.32. The van der Waals surface area contributed by atoms with E-state index in [1.807, 2.05) is 0 Å². The maximum absolute atomic E-state index is 12.5. The van der Waals surface area contributed by atoms with Crippen LogP contribution in [-0.4, -0.2) is 22.4 Å². The number of alkyl halides is 3. The minimum atomic E-state index is -4.79. The number of hydrogen-bond acceptors (Lipinski definition) is 3. The maximum atomic E-state index is 12.5. The Hall–Kier alpha value is -2.31. The molecule has 0 aliphatic heterocycles. The fraction of sp³-hybridized carbons (Fsp3) is 0.333. The van der Waals surface area contributed by atoms with E-state index in [0.29, 0.717) is 17.8 Å². The summed E-state index contributed by atoms with van der Waals surface area (Å²) in [6.07, 6.45) is 1.24. The van der Waals surface area contributed by atoms with Crippen molar-refractivity contribution in [2.75, 3.05) is 0 Å². The van der Waals surface area contributed by atoms with E-state index in [1.54, 1.807) is 10.9 Å². The number of carbonyl (C=O) groups excluding carboxylic acids is 1. The molecule has 0 amide bonds. The van der Waals surface area contributed by atoms with E-state index in [2.05, 4.69) is 9.84 Å². The largest absolute Gasteiger partial charge is 0.573 e. The summed E-state index contributed by atoms with van der Waals surface area (Å²) in [6, 6.07) is 3.80. The Morgan fingerprint density at radius 1 is 1.36 bits per heavy atom. The standard InChI is InChI=1S/C15H13F3N2O2/c16-15(17,18)22-14-4-3-11(9-21)5-13(14)12-6-19-20(8-12)7-10-1-2-10/h3-6,8-10H,1-2,7H2. The minimum Gasteiger partial charge on any atom is -0.405 e. The summed E-state index contributed by atoms with van der Waals surface area (Å²) >= 11 is 0. The monoisotopic (exact) mass is 310 g/mol. The number of carbonyl (C=O) groups is 1. The van der Waals surface area contributed by atoms with E-state index in [-0.39, 0.29) is 16.9 Å². The van der Waals surface area contributed by atoms with Crippen molar-refractivity contribution in [3.05, 3.63) is 36.2 Å². The van der Waals surface area contributed by atoms with Crippen LogP contribution in [0.15, 0.2) is 30.6 Å². The molecule has 0 saturated heterocycles. The van der Waals surface area contributed by atoms with E-state index in [4.69, 9.17) is 0 Å². The zero-order chi connectivity index (χ0) is 15.7. The van der Waals surface area contributed by atoms with Crippen molar-refractivity contribution in [2.24, 2.45) is 5.92 Å². The SMILES string of the molecule is O=Cc1ccc(OC(F)(F)F)c(-c2cnn(CC3CC3)c2)c1. The smallest absolute Gasteiger partial charge is 0.405 e. The van der Waals surface area contributed by atoms with Crippen LogP contribution in [0.3, 0.4) is 0 Å². The zero-order valence-corrected chi connectivity index (χ0v) is 11.5. The van der Waals surface area contributed by atoms with Crippen LogP contribution < -0.4 is 4.74 Å². The minimum absolute atomic E-state index is 0.198. The van der Waals surface area contributed by atoms with Crippen molar-refractivity contribution in [3.8, 4) is 16.9 Å². The Balaban J connectivity index is 1.95. The van der Waals surface area contributed by atoms with E-state index >= 15 is 0 Å². The van der Waals surface area contributed by atoms with E-state index in [9.17, 15) is 18.0 Å². The summed E-state index contributed by atoms with van der Waals surface area (Å²) in [5.41, 5.74) is 0.965. The van der Waals surface area contributed by atoms with Crippen molar-refractivity contribution in [1.82, 2.24) is 9.78 Å². The number of ether oxygens (including phenoxy) is 1.